The van der Waals surface area contributed by atoms with Crippen molar-refractivity contribution < 1.29 is 19.4 Å². The summed E-state index contributed by atoms with van der Waals surface area (Å²) in [6.45, 7) is 0.774. The minimum absolute atomic E-state index is 0.0810. The summed E-state index contributed by atoms with van der Waals surface area (Å²) in [5.41, 5.74) is -1.05. The number of carbonyl (C=O) groups excluding carboxylic acids is 2. The van der Waals surface area contributed by atoms with Crippen LogP contribution < -0.4 is 0 Å². The number of hydrogen-bond acceptors (Lipinski definition) is 4. The average Bonchev–Trinajstić information content (AvgIpc) is 2.89. The van der Waals surface area contributed by atoms with E-state index in [1.807, 2.05) is 12.2 Å². The molecule has 0 aromatic carbocycles. The van der Waals surface area contributed by atoms with Crippen molar-refractivity contribution in [2.45, 2.75) is 24.9 Å². The summed E-state index contributed by atoms with van der Waals surface area (Å²) in [7, 11) is 0. The number of allylic oxidation sites excluding steroid dienone is 2. The minimum atomic E-state index is -1.05. The molecule has 5 heteroatoms. The molecule has 0 bridgehead atoms. The lowest BCUT2D eigenvalue weighted by atomic mass is 9.85. The third-order valence-electron chi connectivity index (χ3n) is 4.13. The molecule has 2 heterocycles. The van der Waals surface area contributed by atoms with Crippen molar-refractivity contribution in [3.05, 3.63) is 12.2 Å². The molecule has 1 N–H and O–H groups in total. The van der Waals surface area contributed by atoms with E-state index in [1.54, 1.807) is 0 Å². The number of nitrogens with zero attached hydrogens (tertiary/aromatic N) is 1. The van der Waals surface area contributed by atoms with Crippen molar-refractivity contribution in [1.29, 1.82) is 0 Å². The quantitative estimate of drug-likeness (QED) is 0.558. The van der Waals surface area contributed by atoms with Gasteiger partial charge in [-0.05, 0) is 12.8 Å². The first-order valence-electron chi connectivity index (χ1n) is 6.41. The number of aliphatic hydroxyl groups is 1. The zero-order chi connectivity index (χ0) is 12.8. The Morgan fingerprint density at radius 1 is 1.28 bits per heavy atom. The summed E-state index contributed by atoms with van der Waals surface area (Å²) in [6.07, 6.45) is 5.69. The number of β-amino-alcohol motifs (C(OH)–C–C–N with tert-alkyl or cyclic N) is 1. The van der Waals surface area contributed by atoms with Gasteiger partial charge in [-0.1, -0.05) is 12.2 Å². The van der Waals surface area contributed by atoms with Crippen molar-refractivity contribution in [2.24, 2.45) is 11.8 Å². The maximum Gasteiger partial charge on any atom is 0.233 e. The van der Waals surface area contributed by atoms with Crippen molar-refractivity contribution in [2.75, 3.05) is 19.8 Å². The normalized spacial score (nSPS) is 39.5. The zero-order valence-electron chi connectivity index (χ0n) is 10.2. The predicted octanol–water partition coefficient (Wildman–Crippen LogP) is 0.0890. The van der Waals surface area contributed by atoms with Crippen LogP contribution in [0.15, 0.2) is 12.2 Å². The second-order valence-electron chi connectivity index (χ2n) is 5.45. The molecule has 2 amide bonds. The van der Waals surface area contributed by atoms with E-state index in [0.29, 0.717) is 25.9 Å². The van der Waals surface area contributed by atoms with E-state index < -0.39 is 5.60 Å². The van der Waals surface area contributed by atoms with Gasteiger partial charge in [0.05, 0.1) is 25.0 Å². The second kappa shape index (κ2) is 4.17. The van der Waals surface area contributed by atoms with Gasteiger partial charge >= 0.3 is 0 Å². The smallest absolute Gasteiger partial charge is 0.233 e. The van der Waals surface area contributed by atoms with Crippen molar-refractivity contribution >= 4 is 11.8 Å². The third-order valence-corrected chi connectivity index (χ3v) is 4.13. The lowest BCUT2D eigenvalue weighted by Crippen LogP contribution is -2.46. The maximum absolute atomic E-state index is 12.2. The first-order valence-corrected chi connectivity index (χ1v) is 6.41. The Labute approximate surface area is 105 Å². The SMILES string of the molecule is O=C1[C@H]2CC=CC[C@H]2C(=O)N1CC1(O)CCOC1. The largest absolute Gasteiger partial charge is 0.386 e. The first kappa shape index (κ1) is 11.9. The summed E-state index contributed by atoms with van der Waals surface area (Å²) in [6, 6.07) is 0. The van der Waals surface area contributed by atoms with E-state index in [9.17, 15) is 14.7 Å². The molecular formula is C13H17NO4. The zero-order valence-corrected chi connectivity index (χ0v) is 10.2. The molecule has 2 aliphatic heterocycles. The first-order chi connectivity index (χ1) is 8.61. The molecule has 0 aromatic rings. The summed E-state index contributed by atoms with van der Waals surface area (Å²) in [5, 5.41) is 10.2. The Hall–Kier alpha value is -1.20. The molecule has 0 saturated carbocycles. The fraction of sp³-hybridized carbons (Fsp3) is 0.692. The van der Waals surface area contributed by atoms with Crippen LogP contribution in [0.4, 0.5) is 0 Å². The standard InChI is InChI=1S/C13H17NO4/c15-11-9-3-1-2-4-10(9)12(16)14(11)7-13(17)5-6-18-8-13/h1-2,9-10,17H,3-8H2/t9-,10+,13?. The van der Waals surface area contributed by atoms with Gasteiger partial charge in [0.2, 0.25) is 11.8 Å². The number of carbonyl (C=O) groups is 2. The number of rotatable bonds is 2. The molecule has 3 atom stereocenters. The van der Waals surface area contributed by atoms with Crippen LogP contribution in [0.2, 0.25) is 0 Å². The Bertz CT molecular complexity index is 385. The van der Waals surface area contributed by atoms with Crippen LogP contribution in [-0.4, -0.2) is 47.2 Å². The lowest BCUT2D eigenvalue weighted by molar-refractivity contribution is -0.144. The summed E-state index contributed by atoms with van der Waals surface area (Å²) in [4.78, 5) is 25.6. The number of fused-ring (bicyclic) bond motifs is 1. The summed E-state index contributed by atoms with van der Waals surface area (Å²) < 4.78 is 5.15. The fourth-order valence-corrected chi connectivity index (χ4v) is 3.04. The molecule has 18 heavy (non-hydrogen) atoms. The summed E-state index contributed by atoms with van der Waals surface area (Å²) >= 11 is 0. The molecule has 98 valence electrons. The van der Waals surface area contributed by atoms with Gasteiger partial charge in [0.15, 0.2) is 0 Å². The predicted molar refractivity (Wildman–Crippen MR) is 62.5 cm³/mol. The Morgan fingerprint density at radius 3 is 2.39 bits per heavy atom. The van der Waals surface area contributed by atoms with Gasteiger partial charge in [0.1, 0.15) is 5.60 Å². The van der Waals surface area contributed by atoms with E-state index in [0.717, 1.165) is 0 Å². The highest BCUT2D eigenvalue weighted by atomic mass is 16.5. The maximum atomic E-state index is 12.2. The van der Waals surface area contributed by atoms with Crippen molar-refractivity contribution in [3.63, 3.8) is 0 Å². The van der Waals surface area contributed by atoms with Crippen LogP contribution in [0.25, 0.3) is 0 Å². The molecule has 1 aliphatic carbocycles. The number of ether oxygens (including phenoxy) is 1. The Balaban J connectivity index is 1.77. The highest BCUT2D eigenvalue weighted by molar-refractivity contribution is 6.05. The highest BCUT2D eigenvalue weighted by Crippen LogP contribution is 2.36. The molecule has 1 unspecified atom stereocenters. The van der Waals surface area contributed by atoms with Crippen LogP contribution >= 0.6 is 0 Å². The topological polar surface area (TPSA) is 66.8 Å². The van der Waals surface area contributed by atoms with E-state index >= 15 is 0 Å². The monoisotopic (exact) mass is 251 g/mol. The average molecular weight is 251 g/mol. The molecule has 3 aliphatic rings. The van der Waals surface area contributed by atoms with Gasteiger partial charge in [-0.25, -0.2) is 0 Å². The van der Waals surface area contributed by atoms with Crippen LogP contribution in [0.5, 0.6) is 0 Å². The number of imide groups is 1. The fourth-order valence-electron chi connectivity index (χ4n) is 3.04. The van der Waals surface area contributed by atoms with Gasteiger partial charge < -0.3 is 9.84 Å². The minimum Gasteiger partial charge on any atom is -0.386 e. The van der Waals surface area contributed by atoms with E-state index in [1.165, 1.54) is 4.90 Å². The van der Waals surface area contributed by atoms with E-state index in [2.05, 4.69) is 0 Å². The van der Waals surface area contributed by atoms with Crippen LogP contribution in [-0.2, 0) is 14.3 Å². The van der Waals surface area contributed by atoms with Gasteiger partial charge in [-0.2, -0.15) is 0 Å². The van der Waals surface area contributed by atoms with Crippen LogP contribution in [0.1, 0.15) is 19.3 Å². The van der Waals surface area contributed by atoms with Gasteiger partial charge in [-0.3, -0.25) is 14.5 Å². The molecule has 3 rings (SSSR count). The van der Waals surface area contributed by atoms with Gasteiger partial charge in [0, 0.05) is 13.0 Å². The molecule has 0 aromatic heterocycles. The Kier molecular flexibility index (Phi) is 2.75. The van der Waals surface area contributed by atoms with Gasteiger partial charge in [0.25, 0.3) is 0 Å². The molecular weight excluding hydrogens is 234 g/mol. The summed E-state index contributed by atoms with van der Waals surface area (Å²) in [5.74, 6) is -0.689. The van der Waals surface area contributed by atoms with Crippen molar-refractivity contribution in [3.8, 4) is 0 Å². The van der Waals surface area contributed by atoms with E-state index in [4.69, 9.17) is 4.74 Å². The molecule has 0 radical (unpaired) electrons. The third kappa shape index (κ3) is 1.78. The van der Waals surface area contributed by atoms with Crippen LogP contribution in [0, 0.1) is 11.8 Å². The second-order valence-corrected chi connectivity index (χ2v) is 5.45. The number of hydrogen-bond donors (Lipinski definition) is 1. The van der Waals surface area contributed by atoms with Crippen molar-refractivity contribution in [1.82, 2.24) is 4.90 Å². The Morgan fingerprint density at radius 2 is 1.89 bits per heavy atom. The number of amides is 2. The molecule has 5 nitrogen and oxygen atoms in total. The highest BCUT2D eigenvalue weighted by Gasteiger charge is 2.49. The lowest BCUT2D eigenvalue weighted by Gasteiger charge is -2.26. The number of likely N-dealkylation sites (tertiary alicyclic amines) is 1. The molecule has 0 spiro atoms. The van der Waals surface area contributed by atoms with Crippen LogP contribution in [0.3, 0.4) is 0 Å². The van der Waals surface area contributed by atoms with E-state index in [-0.39, 0.29) is 36.8 Å². The van der Waals surface area contributed by atoms with Gasteiger partial charge in [-0.15, -0.1) is 0 Å². The molecule has 2 fully saturated rings. The molecule has 2 saturated heterocycles.